The molecule has 0 atom stereocenters. The van der Waals surface area contributed by atoms with Gasteiger partial charge in [0.2, 0.25) is 0 Å². The molecular weight excluding hydrogens is 234 g/mol. The average Bonchev–Trinajstić information content (AvgIpc) is 2.59. The zero-order valence-electron chi connectivity index (χ0n) is 10.7. The largest absolute Gasteiger partial charge is 0.381 e. The first-order valence-electron chi connectivity index (χ1n) is 6.11. The Labute approximate surface area is 106 Å². The number of thiazole rings is 1. The summed E-state index contributed by atoms with van der Waals surface area (Å²) in [5.41, 5.74) is 1.07. The van der Waals surface area contributed by atoms with Crippen molar-refractivity contribution in [2.75, 3.05) is 13.2 Å². The highest BCUT2D eigenvalue weighted by molar-refractivity contribution is 7.13. The number of carbonyl (C=O) groups is 1. The standard InChI is InChI=1S/C13H19NO2S/c1-4-16-6-5-11-14-9-7-13(2,3)8-10(15)12(9)17-11/h4-8H2,1-3H3. The van der Waals surface area contributed by atoms with Crippen molar-refractivity contribution in [3.05, 3.63) is 15.6 Å². The Morgan fingerprint density at radius 3 is 2.88 bits per heavy atom. The molecule has 17 heavy (non-hydrogen) atoms. The predicted molar refractivity (Wildman–Crippen MR) is 68.7 cm³/mol. The summed E-state index contributed by atoms with van der Waals surface area (Å²) in [5.74, 6) is 0.261. The van der Waals surface area contributed by atoms with Crippen LogP contribution in [-0.4, -0.2) is 24.0 Å². The van der Waals surface area contributed by atoms with Gasteiger partial charge in [-0.1, -0.05) is 13.8 Å². The molecule has 4 heteroatoms. The van der Waals surface area contributed by atoms with E-state index in [1.807, 2.05) is 6.92 Å². The maximum atomic E-state index is 12.0. The Bertz CT molecular complexity index is 423. The number of rotatable bonds is 4. The van der Waals surface area contributed by atoms with E-state index in [0.717, 1.165) is 35.0 Å². The van der Waals surface area contributed by atoms with E-state index < -0.39 is 0 Å². The van der Waals surface area contributed by atoms with Crippen LogP contribution >= 0.6 is 11.3 Å². The molecule has 94 valence electrons. The smallest absolute Gasteiger partial charge is 0.175 e. The minimum atomic E-state index is 0.0648. The van der Waals surface area contributed by atoms with Gasteiger partial charge in [0.05, 0.1) is 22.2 Å². The van der Waals surface area contributed by atoms with Gasteiger partial charge in [0, 0.05) is 19.4 Å². The summed E-state index contributed by atoms with van der Waals surface area (Å²) in [7, 11) is 0. The first-order chi connectivity index (χ1) is 8.02. The van der Waals surface area contributed by atoms with Crippen LogP contribution in [0.5, 0.6) is 0 Å². The van der Waals surface area contributed by atoms with Gasteiger partial charge in [-0.3, -0.25) is 4.79 Å². The Balaban J connectivity index is 2.13. The van der Waals surface area contributed by atoms with Crippen molar-refractivity contribution >= 4 is 17.1 Å². The molecular formula is C13H19NO2S. The molecule has 0 saturated carbocycles. The number of ether oxygens (including phenoxy) is 1. The Morgan fingerprint density at radius 2 is 2.18 bits per heavy atom. The van der Waals surface area contributed by atoms with Crippen molar-refractivity contribution in [1.29, 1.82) is 0 Å². The lowest BCUT2D eigenvalue weighted by molar-refractivity contribution is 0.0916. The lowest BCUT2D eigenvalue weighted by atomic mass is 9.78. The molecule has 1 aliphatic carbocycles. The van der Waals surface area contributed by atoms with E-state index in [4.69, 9.17) is 4.74 Å². The summed E-state index contributed by atoms with van der Waals surface area (Å²) in [4.78, 5) is 17.5. The van der Waals surface area contributed by atoms with Crippen LogP contribution < -0.4 is 0 Å². The predicted octanol–water partition coefficient (Wildman–Crippen LogP) is 2.88. The molecule has 0 spiro atoms. The SMILES string of the molecule is CCOCCc1nc2c(s1)C(=O)CC(C)(C)C2. The number of carbonyl (C=O) groups excluding carboxylic acids is 1. The minimum absolute atomic E-state index is 0.0648. The van der Waals surface area contributed by atoms with E-state index in [0.29, 0.717) is 13.0 Å². The Kier molecular flexibility index (Phi) is 3.64. The van der Waals surface area contributed by atoms with Gasteiger partial charge in [0.25, 0.3) is 0 Å². The number of Topliss-reactive ketones (excluding diaryl/α,β-unsaturated/α-hetero) is 1. The second kappa shape index (κ2) is 4.86. The molecule has 0 amide bonds. The van der Waals surface area contributed by atoms with Crippen molar-refractivity contribution < 1.29 is 9.53 Å². The monoisotopic (exact) mass is 253 g/mol. The van der Waals surface area contributed by atoms with E-state index in [1.165, 1.54) is 0 Å². The van der Waals surface area contributed by atoms with Crippen molar-refractivity contribution in [2.24, 2.45) is 5.41 Å². The molecule has 1 aliphatic rings. The normalized spacial score (nSPS) is 18.2. The van der Waals surface area contributed by atoms with Crippen LogP contribution in [0.15, 0.2) is 0 Å². The molecule has 0 N–H and O–H groups in total. The lowest BCUT2D eigenvalue weighted by Gasteiger charge is -2.26. The van der Waals surface area contributed by atoms with Crippen LogP contribution in [0.2, 0.25) is 0 Å². The molecule has 0 unspecified atom stereocenters. The third-order valence-corrected chi connectivity index (χ3v) is 4.14. The van der Waals surface area contributed by atoms with E-state index in [9.17, 15) is 4.79 Å². The number of nitrogens with zero attached hydrogens (tertiary/aromatic N) is 1. The third-order valence-electron chi connectivity index (χ3n) is 2.94. The topological polar surface area (TPSA) is 39.2 Å². The van der Waals surface area contributed by atoms with E-state index in [1.54, 1.807) is 11.3 Å². The van der Waals surface area contributed by atoms with Crippen molar-refractivity contribution in [3.63, 3.8) is 0 Å². The quantitative estimate of drug-likeness (QED) is 0.775. The van der Waals surface area contributed by atoms with Gasteiger partial charge in [0.15, 0.2) is 5.78 Å². The molecule has 0 radical (unpaired) electrons. The van der Waals surface area contributed by atoms with Crippen LogP contribution in [0.3, 0.4) is 0 Å². The van der Waals surface area contributed by atoms with Crippen LogP contribution in [0.4, 0.5) is 0 Å². The van der Waals surface area contributed by atoms with Gasteiger partial charge >= 0.3 is 0 Å². The van der Waals surface area contributed by atoms with Crippen LogP contribution in [-0.2, 0) is 17.6 Å². The third kappa shape index (κ3) is 2.93. The van der Waals surface area contributed by atoms with E-state index in [2.05, 4.69) is 18.8 Å². The van der Waals surface area contributed by atoms with Gasteiger partial charge in [-0.15, -0.1) is 11.3 Å². The molecule has 1 aromatic heterocycles. The minimum Gasteiger partial charge on any atom is -0.381 e. The highest BCUT2D eigenvalue weighted by Gasteiger charge is 2.33. The molecule has 0 bridgehead atoms. The van der Waals surface area contributed by atoms with Gasteiger partial charge in [-0.05, 0) is 18.8 Å². The maximum Gasteiger partial charge on any atom is 0.175 e. The second-order valence-electron chi connectivity index (χ2n) is 5.27. The van der Waals surface area contributed by atoms with Gasteiger partial charge in [-0.2, -0.15) is 0 Å². The van der Waals surface area contributed by atoms with Crippen molar-refractivity contribution in [1.82, 2.24) is 4.98 Å². The number of hydrogen-bond donors (Lipinski definition) is 0. The second-order valence-corrected chi connectivity index (χ2v) is 6.35. The van der Waals surface area contributed by atoms with Crippen LogP contribution in [0, 0.1) is 5.41 Å². The summed E-state index contributed by atoms with van der Waals surface area (Å²) < 4.78 is 5.32. The van der Waals surface area contributed by atoms with Gasteiger partial charge in [0.1, 0.15) is 0 Å². The number of hydrogen-bond acceptors (Lipinski definition) is 4. The summed E-state index contributed by atoms with van der Waals surface area (Å²) in [6.45, 7) is 7.68. The van der Waals surface area contributed by atoms with Gasteiger partial charge < -0.3 is 4.74 Å². The maximum absolute atomic E-state index is 12.0. The lowest BCUT2D eigenvalue weighted by Crippen LogP contribution is -2.26. The molecule has 0 aliphatic heterocycles. The van der Waals surface area contributed by atoms with Gasteiger partial charge in [-0.25, -0.2) is 4.98 Å². The Morgan fingerprint density at radius 1 is 1.41 bits per heavy atom. The van der Waals surface area contributed by atoms with E-state index in [-0.39, 0.29) is 11.2 Å². The highest BCUT2D eigenvalue weighted by Crippen LogP contribution is 2.36. The zero-order chi connectivity index (χ0) is 12.5. The molecule has 0 fully saturated rings. The first-order valence-corrected chi connectivity index (χ1v) is 6.93. The molecule has 0 aromatic carbocycles. The summed E-state index contributed by atoms with van der Waals surface area (Å²) in [6, 6.07) is 0. The fourth-order valence-electron chi connectivity index (χ4n) is 2.18. The van der Waals surface area contributed by atoms with Crippen LogP contribution in [0.1, 0.15) is 47.6 Å². The molecule has 0 saturated heterocycles. The van der Waals surface area contributed by atoms with Crippen molar-refractivity contribution in [3.8, 4) is 0 Å². The van der Waals surface area contributed by atoms with Crippen LogP contribution in [0.25, 0.3) is 0 Å². The fourth-order valence-corrected chi connectivity index (χ4v) is 3.18. The molecule has 2 rings (SSSR count). The zero-order valence-corrected chi connectivity index (χ0v) is 11.5. The summed E-state index contributed by atoms with van der Waals surface area (Å²) in [6.07, 6.45) is 2.38. The number of ketones is 1. The summed E-state index contributed by atoms with van der Waals surface area (Å²) in [5, 5.41) is 1.04. The Hall–Kier alpha value is -0.740. The summed E-state index contributed by atoms with van der Waals surface area (Å²) >= 11 is 1.55. The van der Waals surface area contributed by atoms with Crippen molar-refractivity contribution in [2.45, 2.75) is 40.0 Å². The van der Waals surface area contributed by atoms with E-state index >= 15 is 0 Å². The average molecular weight is 253 g/mol. The molecule has 1 heterocycles. The number of fused-ring (bicyclic) bond motifs is 1. The first kappa shape index (κ1) is 12.7. The highest BCUT2D eigenvalue weighted by atomic mass is 32.1. The fraction of sp³-hybridized carbons (Fsp3) is 0.692. The molecule has 3 nitrogen and oxygen atoms in total. The molecule has 1 aromatic rings. The number of aromatic nitrogens is 1.